The zero-order valence-electron chi connectivity index (χ0n) is 9.81. The second-order valence-electron chi connectivity index (χ2n) is 4.06. The topological polar surface area (TPSA) is 63.3 Å². The molecule has 1 rings (SSSR count). The maximum Gasteiger partial charge on any atom is 0.305 e. The molecule has 0 aliphatic heterocycles. The Labute approximate surface area is 110 Å². The number of nitrogens with two attached hydrogens (primary N) is 1. The second-order valence-corrected chi connectivity index (χ2v) is 6.09. The fourth-order valence-electron chi connectivity index (χ4n) is 1.40. The number of hydrogen-bond acceptors (Lipinski definition) is 3. The third kappa shape index (κ3) is 4.58. The number of halogens is 1. The maximum atomic E-state index is 10.6. The van der Waals surface area contributed by atoms with E-state index in [1.807, 2.05) is 12.1 Å². The molecule has 0 aliphatic carbocycles. The Morgan fingerprint density at radius 1 is 1.53 bits per heavy atom. The Morgan fingerprint density at radius 3 is 2.65 bits per heavy atom. The van der Waals surface area contributed by atoms with Gasteiger partial charge in [0.15, 0.2) is 0 Å². The van der Waals surface area contributed by atoms with Crippen LogP contribution in [-0.4, -0.2) is 16.3 Å². The third-order valence-corrected chi connectivity index (χ3v) is 3.65. The number of carboxylic acid groups (broad SMARTS) is 1. The first-order valence-corrected chi connectivity index (χ1v) is 6.59. The van der Waals surface area contributed by atoms with Crippen LogP contribution in [-0.2, 0) is 4.79 Å². The predicted molar refractivity (Wildman–Crippen MR) is 71.6 cm³/mol. The molecular weight excluding hydrogens is 258 g/mol. The summed E-state index contributed by atoms with van der Waals surface area (Å²) in [6.45, 7) is 4.18. The van der Waals surface area contributed by atoms with E-state index in [-0.39, 0.29) is 6.42 Å². The van der Waals surface area contributed by atoms with Crippen molar-refractivity contribution in [2.45, 2.75) is 36.5 Å². The smallest absolute Gasteiger partial charge is 0.305 e. The predicted octanol–water partition coefficient (Wildman–Crippen LogP) is 3.32. The average Bonchev–Trinajstić information content (AvgIpc) is 2.19. The van der Waals surface area contributed by atoms with E-state index in [4.69, 9.17) is 22.4 Å². The minimum atomic E-state index is -0.908. The van der Waals surface area contributed by atoms with E-state index >= 15 is 0 Å². The lowest BCUT2D eigenvalue weighted by Gasteiger charge is -2.12. The third-order valence-electron chi connectivity index (χ3n) is 2.14. The van der Waals surface area contributed by atoms with E-state index in [0.29, 0.717) is 10.3 Å². The highest BCUT2D eigenvalue weighted by atomic mass is 35.5. The lowest BCUT2D eigenvalue weighted by Crippen LogP contribution is -2.14. The van der Waals surface area contributed by atoms with Gasteiger partial charge in [-0.3, -0.25) is 4.79 Å². The van der Waals surface area contributed by atoms with Crippen LogP contribution in [0.2, 0.25) is 5.02 Å². The molecule has 0 aliphatic rings. The molecule has 5 heteroatoms. The van der Waals surface area contributed by atoms with Gasteiger partial charge in [0.2, 0.25) is 0 Å². The number of aliphatic carboxylic acids is 1. The number of rotatable bonds is 5. The van der Waals surface area contributed by atoms with Gasteiger partial charge in [0.1, 0.15) is 0 Å². The van der Waals surface area contributed by atoms with Crippen LogP contribution < -0.4 is 5.73 Å². The summed E-state index contributed by atoms with van der Waals surface area (Å²) >= 11 is 7.80. The minimum Gasteiger partial charge on any atom is -0.481 e. The number of carbonyl (C=O) groups is 1. The second kappa shape index (κ2) is 6.28. The van der Waals surface area contributed by atoms with E-state index in [2.05, 4.69) is 13.8 Å². The molecule has 0 amide bonds. The molecule has 0 bridgehead atoms. The van der Waals surface area contributed by atoms with Gasteiger partial charge < -0.3 is 10.8 Å². The van der Waals surface area contributed by atoms with E-state index in [1.54, 1.807) is 17.8 Å². The molecule has 0 spiro atoms. The van der Waals surface area contributed by atoms with Crippen LogP contribution in [0.1, 0.15) is 31.9 Å². The van der Waals surface area contributed by atoms with E-state index in [9.17, 15) is 4.79 Å². The van der Waals surface area contributed by atoms with Gasteiger partial charge in [-0.15, -0.1) is 11.8 Å². The van der Waals surface area contributed by atoms with Crippen LogP contribution in [0.3, 0.4) is 0 Å². The fraction of sp³-hybridized carbons (Fsp3) is 0.417. The SMILES string of the molecule is CC(C)Sc1ccc(C(N)CC(=O)O)cc1Cl. The van der Waals surface area contributed by atoms with Crippen molar-refractivity contribution in [1.82, 2.24) is 0 Å². The average molecular weight is 274 g/mol. The summed E-state index contributed by atoms with van der Waals surface area (Å²) in [5, 5.41) is 9.75. The monoisotopic (exact) mass is 273 g/mol. The number of thioether (sulfide) groups is 1. The van der Waals surface area contributed by atoms with Crippen molar-refractivity contribution in [3.8, 4) is 0 Å². The molecule has 0 fully saturated rings. The lowest BCUT2D eigenvalue weighted by atomic mass is 10.1. The Morgan fingerprint density at radius 2 is 2.18 bits per heavy atom. The molecular formula is C12H16ClNO2S. The molecule has 0 aromatic heterocycles. The molecule has 0 radical (unpaired) electrons. The first-order valence-electron chi connectivity index (χ1n) is 5.33. The van der Waals surface area contributed by atoms with Crippen molar-refractivity contribution >= 4 is 29.3 Å². The Balaban J connectivity index is 2.84. The summed E-state index contributed by atoms with van der Waals surface area (Å²) in [6, 6.07) is 4.97. The summed E-state index contributed by atoms with van der Waals surface area (Å²) in [5.41, 5.74) is 6.52. The molecule has 0 saturated heterocycles. The summed E-state index contributed by atoms with van der Waals surface area (Å²) in [5.74, 6) is -0.908. The van der Waals surface area contributed by atoms with Crippen molar-refractivity contribution in [1.29, 1.82) is 0 Å². The summed E-state index contributed by atoms with van der Waals surface area (Å²) in [4.78, 5) is 11.6. The van der Waals surface area contributed by atoms with Gasteiger partial charge in [-0.2, -0.15) is 0 Å². The number of hydrogen-bond donors (Lipinski definition) is 2. The molecule has 94 valence electrons. The van der Waals surface area contributed by atoms with Crippen LogP contribution in [0, 0.1) is 0 Å². The van der Waals surface area contributed by atoms with Crippen LogP contribution in [0.25, 0.3) is 0 Å². The van der Waals surface area contributed by atoms with Crippen LogP contribution >= 0.6 is 23.4 Å². The van der Waals surface area contributed by atoms with E-state index in [1.165, 1.54) is 0 Å². The largest absolute Gasteiger partial charge is 0.481 e. The molecule has 3 nitrogen and oxygen atoms in total. The van der Waals surface area contributed by atoms with Crippen molar-refractivity contribution in [3.63, 3.8) is 0 Å². The number of carboxylic acids is 1. The quantitative estimate of drug-likeness (QED) is 0.808. The van der Waals surface area contributed by atoms with Crippen molar-refractivity contribution in [2.24, 2.45) is 5.73 Å². The summed E-state index contributed by atoms with van der Waals surface area (Å²) < 4.78 is 0. The van der Waals surface area contributed by atoms with Gasteiger partial charge in [0, 0.05) is 16.2 Å². The Hall–Kier alpha value is -0.710. The maximum absolute atomic E-state index is 10.6. The van der Waals surface area contributed by atoms with Gasteiger partial charge in [0.05, 0.1) is 11.4 Å². The molecule has 3 N–H and O–H groups in total. The molecule has 0 heterocycles. The molecule has 1 aromatic rings. The van der Waals surface area contributed by atoms with E-state index < -0.39 is 12.0 Å². The Kier molecular flexibility index (Phi) is 5.31. The zero-order chi connectivity index (χ0) is 13.0. The first kappa shape index (κ1) is 14.4. The van der Waals surface area contributed by atoms with E-state index in [0.717, 1.165) is 10.5 Å². The van der Waals surface area contributed by atoms with Gasteiger partial charge >= 0.3 is 5.97 Å². The molecule has 1 aromatic carbocycles. The molecule has 1 unspecified atom stereocenters. The normalized spacial score (nSPS) is 12.8. The lowest BCUT2D eigenvalue weighted by molar-refractivity contribution is -0.137. The first-order chi connectivity index (χ1) is 7.90. The standard InChI is InChI=1S/C12H16ClNO2S/c1-7(2)17-11-4-3-8(5-9(11)13)10(14)6-12(15)16/h3-5,7,10H,6,14H2,1-2H3,(H,15,16). The van der Waals surface area contributed by atoms with Gasteiger partial charge in [-0.05, 0) is 17.7 Å². The van der Waals surface area contributed by atoms with Crippen LogP contribution in [0.5, 0.6) is 0 Å². The highest BCUT2D eigenvalue weighted by Crippen LogP contribution is 2.32. The zero-order valence-corrected chi connectivity index (χ0v) is 11.4. The summed E-state index contributed by atoms with van der Waals surface area (Å²) in [7, 11) is 0. The van der Waals surface area contributed by atoms with Gasteiger partial charge in [-0.1, -0.05) is 31.5 Å². The van der Waals surface area contributed by atoms with Crippen LogP contribution in [0.15, 0.2) is 23.1 Å². The molecule has 0 saturated carbocycles. The van der Waals surface area contributed by atoms with Gasteiger partial charge in [0.25, 0.3) is 0 Å². The van der Waals surface area contributed by atoms with Crippen LogP contribution in [0.4, 0.5) is 0 Å². The summed E-state index contributed by atoms with van der Waals surface area (Å²) in [6.07, 6.45) is -0.0903. The molecule has 1 atom stereocenters. The van der Waals surface area contributed by atoms with Crippen molar-refractivity contribution in [3.05, 3.63) is 28.8 Å². The minimum absolute atomic E-state index is 0.0903. The highest BCUT2D eigenvalue weighted by molar-refractivity contribution is 8.00. The van der Waals surface area contributed by atoms with Crippen molar-refractivity contribution < 1.29 is 9.90 Å². The number of benzene rings is 1. The fourth-order valence-corrected chi connectivity index (χ4v) is 2.55. The highest BCUT2D eigenvalue weighted by Gasteiger charge is 2.12. The Bertz CT molecular complexity index is 409. The molecule has 17 heavy (non-hydrogen) atoms. The van der Waals surface area contributed by atoms with Gasteiger partial charge in [-0.25, -0.2) is 0 Å². The van der Waals surface area contributed by atoms with Crippen molar-refractivity contribution in [2.75, 3.05) is 0 Å².